The third-order valence-electron chi connectivity index (χ3n) is 5.08. The van der Waals surface area contributed by atoms with Gasteiger partial charge in [0, 0.05) is 17.0 Å². The van der Waals surface area contributed by atoms with E-state index in [0.29, 0.717) is 5.69 Å². The summed E-state index contributed by atoms with van der Waals surface area (Å²) in [7, 11) is -1.69. The molecule has 3 aromatic rings. The molecule has 2 N–H and O–H groups in total. The number of rotatable bonds is 7. The minimum Gasteiger partial charge on any atom is -0.497 e. The number of para-hydroxylation sites is 1. The van der Waals surface area contributed by atoms with Crippen LogP contribution in [-0.2, 0) is 15.4 Å². The van der Waals surface area contributed by atoms with Crippen LogP contribution in [0.3, 0.4) is 0 Å². The molecule has 0 aliphatic rings. The summed E-state index contributed by atoms with van der Waals surface area (Å²) in [6.45, 7) is 4.41. The zero-order valence-corrected chi connectivity index (χ0v) is 17.0. The van der Waals surface area contributed by atoms with Gasteiger partial charge in [0.2, 0.25) is 10.0 Å². The maximum Gasteiger partial charge on any atom is 0.229 e. The van der Waals surface area contributed by atoms with Gasteiger partial charge in [-0.15, -0.1) is 0 Å². The highest BCUT2D eigenvalue weighted by atomic mass is 32.2. The largest absolute Gasteiger partial charge is 0.497 e. The van der Waals surface area contributed by atoms with Gasteiger partial charge in [0.1, 0.15) is 5.75 Å². The minimum atomic E-state index is -3.35. The molecule has 0 aliphatic heterocycles. The number of benzene rings is 2. The number of ether oxygens (including phenoxy) is 1. The molecule has 2 aromatic carbocycles. The molecule has 1 aromatic heterocycles. The van der Waals surface area contributed by atoms with Crippen LogP contribution in [0.4, 0.5) is 5.69 Å². The van der Waals surface area contributed by atoms with E-state index >= 15 is 0 Å². The Morgan fingerprint density at radius 1 is 1.15 bits per heavy atom. The summed E-state index contributed by atoms with van der Waals surface area (Å²) >= 11 is 0. The standard InChI is InChI=1S/C21H26N2O3S/c1-5-13-21(2,15-9-11-16(26-3)12-10-15)18-14-22-20-17(18)7-6-8-19(20)23-27(4,24)25/h6-12,14,22-23H,5,13H2,1-4H3. The lowest BCUT2D eigenvalue weighted by atomic mass is 9.73. The number of aromatic nitrogens is 1. The van der Waals surface area contributed by atoms with Gasteiger partial charge in [-0.05, 0) is 35.7 Å². The van der Waals surface area contributed by atoms with Crippen molar-refractivity contribution in [3.05, 3.63) is 59.8 Å². The monoisotopic (exact) mass is 386 g/mol. The number of hydrogen-bond donors (Lipinski definition) is 2. The van der Waals surface area contributed by atoms with Crippen molar-refractivity contribution < 1.29 is 13.2 Å². The Kier molecular flexibility index (Phi) is 5.20. The van der Waals surface area contributed by atoms with Gasteiger partial charge in [0.25, 0.3) is 0 Å². The van der Waals surface area contributed by atoms with Crippen LogP contribution >= 0.6 is 0 Å². The Morgan fingerprint density at radius 3 is 2.44 bits per heavy atom. The zero-order valence-electron chi connectivity index (χ0n) is 16.2. The highest BCUT2D eigenvalue weighted by Crippen LogP contribution is 2.41. The van der Waals surface area contributed by atoms with Crippen molar-refractivity contribution in [3.63, 3.8) is 0 Å². The number of nitrogens with one attached hydrogen (secondary N) is 2. The van der Waals surface area contributed by atoms with Crippen LogP contribution in [-0.4, -0.2) is 26.8 Å². The molecule has 27 heavy (non-hydrogen) atoms. The van der Waals surface area contributed by atoms with Crippen LogP contribution in [0.25, 0.3) is 10.9 Å². The van der Waals surface area contributed by atoms with Gasteiger partial charge < -0.3 is 9.72 Å². The molecule has 1 atom stereocenters. The molecular weight excluding hydrogens is 360 g/mol. The zero-order chi connectivity index (χ0) is 19.7. The summed E-state index contributed by atoms with van der Waals surface area (Å²) in [5, 5.41) is 1.02. The van der Waals surface area contributed by atoms with Crippen LogP contribution < -0.4 is 9.46 Å². The molecule has 1 heterocycles. The van der Waals surface area contributed by atoms with Gasteiger partial charge >= 0.3 is 0 Å². The number of H-pyrrole nitrogens is 1. The number of hydrogen-bond acceptors (Lipinski definition) is 3. The lowest BCUT2D eigenvalue weighted by Crippen LogP contribution is -2.23. The van der Waals surface area contributed by atoms with Crippen LogP contribution in [0.5, 0.6) is 5.75 Å². The summed E-state index contributed by atoms with van der Waals surface area (Å²) in [6.07, 6.45) is 5.15. The Labute approximate surface area is 160 Å². The van der Waals surface area contributed by atoms with E-state index in [1.54, 1.807) is 13.2 Å². The fourth-order valence-corrected chi connectivity index (χ4v) is 4.36. The SMILES string of the molecule is CCCC(C)(c1ccc(OC)cc1)c1c[nH]c2c(NS(C)(=O)=O)cccc12. The summed E-state index contributed by atoms with van der Waals surface area (Å²) in [5.74, 6) is 0.830. The van der Waals surface area contributed by atoms with E-state index in [0.717, 1.165) is 41.3 Å². The number of methoxy groups -OCH3 is 1. The van der Waals surface area contributed by atoms with E-state index in [1.165, 1.54) is 5.56 Å². The van der Waals surface area contributed by atoms with E-state index in [9.17, 15) is 8.42 Å². The van der Waals surface area contributed by atoms with E-state index < -0.39 is 10.0 Å². The average Bonchev–Trinajstić information content (AvgIpc) is 3.06. The molecule has 0 saturated carbocycles. The second kappa shape index (κ2) is 7.27. The number of aromatic amines is 1. The lowest BCUT2D eigenvalue weighted by Gasteiger charge is -2.30. The molecule has 0 amide bonds. The molecule has 0 fully saturated rings. The molecule has 0 aliphatic carbocycles. The third kappa shape index (κ3) is 3.81. The first-order chi connectivity index (χ1) is 12.8. The van der Waals surface area contributed by atoms with Crippen molar-refractivity contribution >= 4 is 26.6 Å². The second-order valence-electron chi connectivity index (χ2n) is 7.12. The van der Waals surface area contributed by atoms with Gasteiger partial charge in [0.05, 0.1) is 24.6 Å². The minimum absolute atomic E-state index is 0.205. The smallest absolute Gasteiger partial charge is 0.229 e. The Balaban J connectivity index is 2.15. The maximum atomic E-state index is 11.7. The van der Waals surface area contributed by atoms with Crippen molar-refractivity contribution in [1.82, 2.24) is 4.98 Å². The second-order valence-corrected chi connectivity index (χ2v) is 8.86. The van der Waals surface area contributed by atoms with Gasteiger partial charge in [-0.25, -0.2) is 8.42 Å². The number of sulfonamides is 1. The first-order valence-corrected chi connectivity index (χ1v) is 10.9. The molecule has 0 radical (unpaired) electrons. The third-order valence-corrected chi connectivity index (χ3v) is 5.67. The fourth-order valence-electron chi connectivity index (χ4n) is 3.79. The molecule has 0 bridgehead atoms. The molecular formula is C21H26N2O3S. The molecule has 0 spiro atoms. The normalized spacial score (nSPS) is 14.1. The van der Waals surface area contributed by atoms with Crippen molar-refractivity contribution in [3.8, 4) is 5.75 Å². The van der Waals surface area contributed by atoms with E-state index in [-0.39, 0.29) is 5.41 Å². The number of fused-ring (bicyclic) bond motifs is 1. The highest BCUT2D eigenvalue weighted by molar-refractivity contribution is 7.92. The predicted molar refractivity (Wildman–Crippen MR) is 111 cm³/mol. The van der Waals surface area contributed by atoms with E-state index in [4.69, 9.17) is 4.74 Å². The molecule has 0 saturated heterocycles. The molecule has 1 unspecified atom stereocenters. The Hall–Kier alpha value is -2.47. The highest BCUT2D eigenvalue weighted by Gasteiger charge is 2.31. The molecule has 3 rings (SSSR count). The van der Waals surface area contributed by atoms with Crippen molar-refractivity contribution in [2.45, 2.75) is 32.1 Å². The lowest BCUT2D eigenvalue weighted by molar-refractivity contribution is 0.414. The quantitative estimate of drug-likeness (QED) is 0.621. The van der Waals surface area contributed by atoms with Crippen molar-refractivity contribution in [2.24, 2.45) is 0 Å². The summed E-state index contributed by atoms with van der Waals surface area (Å²) in [5.41, 5.74) is 3.51. The van der Waals surface area contributed by atoms with Gasteiger partial charge in [0.15, 0.2) is 0 Å². The van der Waals surface area contributed by atoms with E-state index in [2.05, 4.69) is 35.7 Å². The van der Waals surface area contributed by atoms with Gasteiger partial charge in [-0.3, -0.25) is 4.72 Å². The fraction of sp³-hybridized carbons (Fsp3) is 0.333. The van der Waals surface area contributed by atoms with Crippen LogP contribution in [0, 0.1) is 0 Å². The summed E-state index contributed by atoms with van der Waals surface area (Å²) in [6, 6.07) is 13.9. The summed E-state index contributed by atoms with van der Waals surface area (Å²) < 4.78 is 31.3. The molecule has 5 nitrogen and oxygen atoms in total. The van der Waals surface area contributed by atoms with Crippen LogP contribution in [0.15, 0.2) is 48.7 Å². The van der Waals surface area contributed by atoms with Crippen molar-refractivity contribution in [1.29, 1.82) is 0 Å². The first-order valence-electron chi connectivity index (χ1n) is 9.01. The Morgan fingerprint density at radius 2 is 1.85 bits per heavy atom. The topological polar surface area (TPSA) is 71.2 Å². The van der Waals surface area contributed by atoms with Gasteiger partial charge in [-0.1, -0.05) is 44.5 Å². The van der Waals surface area contributed by atoms with Crippen LogP contribution in [0.2, 0.25) is 0 Å². The predicted octanol–water partition coefficient (Wildman–Crippen LogP) is 4.65. The van der Waals surface area contributed by atoms with Crippen molar-refractivity contribution in [2.75, 3.05) is 18.1 Å². The maximum absolute atomic E-state index is 11.7. The summed E-state index contributed by atoms with van der Waals surface area (Å²) in [4.78, 5) is 3.28. The van der Waals surface area contributed by atoms with E-state index in [1.807, 2.05) is 30.5 Å². The Bertz CT molecular complexity index is 1040. The first kappa shape index (κ1) is 19.3. The van der Waals surface area contributed by atoms with Gasteiger partial charge in [-0.2, -0.15) is 0 Å². The molecule has 6 heteroatoms. The number of anilines is 1. The average molecular weight is 387 g/mol. The molecule has 144 valence electrons. The van der Waals surface area contributed by atoms with Crippen LogP contribution in [0.1, 0.15) is 37.8 Å².